The van der Waals surface area contributed by atoms with Crippen LogP contribution < -0.4 is 0 Å². The van der Waals surface area contributed by atoms with Gasteiger partial charge in [-0.1, -0.05) is 30.3 Å². The maximum Gasteiger partial charge on any atom is 0.513 e. The fraction of sp³-hybridized carbons (Fsp3) is 0.571. The number of rotatable bonds is 5. The first kappa shape index (κ1) is 20.9. The second-order valence-electron chi connectivity index (χ2n) is 8.27. The smallest absolute Gasteiger partial charge is 0.434 e. The monoisotopic (exact) mass is 387 g/mol. The van der Waals surface area contributed by atoms with Gasteiger partial charge in [0.2, 0.25) is 0 Å². The van der Waals surface area contributed by atoms with Crippen LogP contribution in [0.4, 0.5) is 4.79 Å². The van der Waals surface area contributed by atoms with Crippen molar-refractivity contribution in [1.82, 2.24) is 4.90 Å². The zero-order valence-corrected chi connectivity index (χ0v) is 17.5. The molecule has 0 spiro atoms. The molecule has 0 aromatic heterocycles. The van der Waals surface area contributed by atoms with E-state index < -0.39 is 24.5 Å². The largest absolute Gasteiger partial charge is 0.513 e. The zero-order chi connectivity index (χ0) is 20.4. The topological polar surface area (TPSA) is 57.2 Å². The van der Waals surface area contributed by atoms with Gasteiger partial charge >= 0.3 is 13.3 Å². The lowest BCUT2D eigenvalue weighted by atomic mass is 9.75. The van der Waals surface area contributed by atoms with Crippen LogP contribution in [0.2, 0.25) is 0 Å². The predicted molar refractivity (Wildman–Crippen MR) is 108 cm³/mol. The molecule has 0 N–H and O–H groups in total. The molecule has 7 heteroatoms. The molecular weight excluding hydrogens is 357 g/mol. The fourth-order valence-electron chi connectivity index (χ4n) is 3.36. The Labute approximate surface area is 167 Å². The van der Waals surface area contributed by atoms with E-state index in [1.165, 1.54) is 5.56 Å². The summed E-state index contributed by atoms with van der Waals surface area (Å²) in [7, 11) is -0.548. The molecule has 0 amide bonds. The van der Waals surface area contributed by atoms with E-state index in [1.807, 2.05) is 45.9 Å². The molecule has 1 fully saturated rings. The standard InChI is InChI=1S/C21H30BNO5/c1-6-25-19(24)26-18-12-13-23(14-16-10-8-7-9-11-16)15-17(18)22-27-20(2,3)21(4,5)28-22/h7-11H,6,12-15H2,1-5H3. The number of nitrogens with zero attached hydrogens (tertiary/aromatic N) is 1. The van der Waals surface area contributed by atoms with Crippen molar-refractivity contribution >= 4 is 13.3 Å². The van der Waals surface area contributed by atoms with E-state index in [1.54, 1.807) is 6.92 Å². The van der Waals surface area contributed by atoms with Gasteiger partial charge in [-0.25, -0.2) is 4.79 Å². The van der Waals surface area contributed by atoms with Gasteiger partial charge in [0, 0.05) is 31.5 Å². The van der Waals surface area contributed by atoms with Crippen LogP contribution in [0.15, 0.2) is 41.6 Å². The SMILES string of the molecule is CCOC(=O)OC1=C(B2OC(C)(C)C(C)(C)O2)CN(Cc2ccccc2)CC1. The number of benzene rings is 1. The van der Waals surface area contributed by atoms with E-state index >= 15 is 0 Å². The minimum atomic E-state index is -0.678. The van der Waals surface area contributed by atoms with Crippen LogP contribution in [0.1, 0.15) is 46.6 Å². The summed E-state index contributed by atoms with van der Waals surface area (Å²) in [5.41, 5.74) is 1.18. The van der Waals surface area contributed by atoms with E-state index in [0.717, 1.165) is 18.6 Å². The molecule has 6 nitrogen and oxygen atoms in total. The molecule has 0 aliphatic carbocycles. The third-order valence-electron chi connectivity index (χ3n) is 5.66. The van der Waals surface area contributed by atoms with Crippen LogP contribution in [0.3, 0.4) is 0 Å². The van der Waals surface area contributed by atoms with Gasteiger partial charge < -0.3 is 18.8 Å². The van der Waals surface area contributed by atoms with E-state index in [9.17, 15) is 4.79 Å². The van der Waals surface area contributed by atoms with Gasteiger partial charge in [0.15, 0.2) is 0 Å². The van der Waals surface area contributed by atoms with Crippen molar-refractivity contribution in [3.05, 3.63) is 47.1 Å². The number of hydrogen-bond acceptors (Lipinski definition) is 6. The molecule has 2 heterocycles. The van der Waals surface area contributed by atoms with Crippen LogP contribution in [0, 0.1) is 0 Å². The Balaban J connectivity index is 1.82. The summed E-state index contributed by atoms with van der Waals surface area (Å²) in [5.74, 6) is 0.598. The zero-order valence-electron chi connectivity index (χ0n) is 17.5. The summed E-state index contributed by atoms with van der Waals surface area (Å²) in [6, 6.07) is 10.3. The third kappa shape index (κ3) is 4.59. The summed E-state index contributed by atoms with van der Waals surface area (Å²) < 4.78 is 23.0. The molecule has 2 aliphatic heterocycles. The van der Waals surface area contributed by atoms with Gasteiger partial charge in [-0.15, -0.1) is 0 Å². The van der Waals surface area contributed by atoms with Crippen molar-refractivity contribution in [1.29, 1.82) is 0 Å². The fourth-order valence-corrected chi connectivity index (χ4v) is 3.36. The minimum Gasteiger partial charge on any atom is -0.434 e. The van der Waals surface area contributed by atoms with Crippen LogP contribution in [0.25, 0.3) is 0 Å². The van der Waals surface area contributed by atoms with E-state index in [0.29, 0.717) is 18.7 Å². The highest BCUT2D eigenvalue weighted by Gasteiger charge is 2.53. The molecule has 1 saturated heterocycles. The molecule has 0 unspecified atom stereocenters. The van der Waals surface area contributed by atoms with E-state index in [2.05, 4.69) is 17.0 Å². The normalized spacial score (nSPS) is 21.7. The van der Waals surface area contributed by atoms with Crippen LogP contribution in [-0.4, -0.2) is 49.1 Å². The molecular formula is C21H30BNO5. The molecule has 3 rings (SSSR count). The molecule has 28 heavy (non-hydrogen) atoms. The first-order valence-corrected chi connectivity index (χ1v) is 9.90. The Bertz CT molecular complexity index is 716. The lowest BCUT2D eigenvalue weighted by Crippen LogP contribution is -2.41. The molecule has 152 valence electrons. The van der Waals surface area contributed by atoms with Crippen molar-refractivity contribution in [2.24, 2.45) is 0 Å². The average molecular weight is 387 g/mol. The number of carbonyl (C=O) groups is 1. The van der Waals surface area contributed by atoms with Crippen molar-refractivity contribution in [3.63, 3.8) is 0 Å². The Morgan fingerprint density at radius 2 is 1.79 bits per heavy atom. The first-order valence-electron chi connectivity index (χ1n) is 9.90. The second kappa shape index (κ2) is 8.27. The Kier molecular flexibility index (Phi) is 6.17. The lowest BCUT2D eigenvalue weighted by Gasteiger charge is -2.32. The molecule has 2 aliphatic rings. The molecule has 0 radical (unpaired) electrons. The molecule has 0 atom stereocenters. The highest BCUT2D eigenvalue weighted by molar-refractivity contribution is 6.55. The Morgan fingerprint density at radius 3 is 2.39 bits per heavy atom. The van der Waals surface area contributed by atoms with Gasteiger partial charge in [-0.05, 0) is 40.2 Å². The Morgan fingerprint density at radius 1 is 1.14 bits per heavy atom. The van der Waals surface area contributed by atoms with Gasteiger partial charge in [-0.2, -0.15) is 0 Å². The molecule has 0 bridgehead atoms. The summed E-state index contributed by atoms with van der Waals surface area (Å²) in [5, 5.41) is 0. The number of carbonyl (C=O) groups excluding carboxylic acids is 1. The molecule has 1 aromatic rings. The van der Waals surface area contributed by atoms with Crippen LogP contribution in [-0.2, 0) is 25.3 Å². The summed E-state index contributed by atoms with van der Waals surface area (Å²) in [6.45, 7) is 12.3. The Hall–Kier alpha value is -1.83. The maximum atomic E-state index is 11.9. The molecule has 0 saturated carbocycles. The third-order valence-corrected chi connectivity index (χ3v) is 5.66. The number of hydrogen-bond donors (Lipinski definition) is 0. The average Bonchev–Trinajstić information content (AvgIpc) is 2.85. The highest BCUT2D eigenvalue weighted by Crippen LogP contribution is 2.40. The van der Waals surface area contributed by atoms with Crippen molar-refractivity contribution in [3.8, 4) is 0 Å². The quantitative estimate of drug-likeness (QED) is 0.563. The first-order chi connectivity index (χ1) is 13.2. The van der Waals surface area contributed by atoms with Crippen LogP contribution in [0.5, 0.6) is 0 Å². The highest BCUT2D eigenvalue weighted by atomic mass is 16.7. The summed E-state index contributed by atoms with van der Waals surface area (Å²) in [4.78, 5) is 14.2. The van der Waals surface area contributed by atoms with E-state index in [4.69, 9.17) is 18.8 Å². The van der Waals surface area contributed by atoms with E-state index in [-0.39, 0.29) is 6.61 Å². The van der Waals surface area contributed by atoms with Gasteiger partial charge in [0.05, 0.1) is 17.8 Å². The van der Waals surface area contributed by atoms with Gasteiger partial charge in [-0.3, -0.25) is 4.90 Å². The predicted octanol–water partition coefficient (Wildman–Crippen LogP) is 3.95. The summed E-state index contributed by atoms with van der Waals surface area (Å²) in [6.07, 6.45) is -0.0755. The van der Waals surface area contributed by atoms with Gasteiger partial charge in [0.25, 0.3) is 0 Å². The lowest BCUT2D eigenvalue weighted by molar-refractivity contribution is 0.00578. The van der Waals surface area contributed by atoms with Crippen molar-refractivity contribution < 1.29 is 23.6 Å². The summed E-state index contributed by atoms with van der Waals surface area (Å²) >= 11 is 0. The van der Waals surface area contributed by atoms with Crippen molar-refractivity contribution in [2.45, 2.75) is 58.8 Å². The maximum absolute atomic E-state index is 11.9. The van der Waals surface area contributed by atoms with Gasteiger partial charge in [0.1, 0.15) is 5.76 Å². The minimum absolute atomic E-state index is 0.276. The number of ether oxygens (including phenoxy) is 2. The molecule has 1 aromatic carbocycles. The second-order valence-corrected chi connectivity index (χ2v) is 8.27. The van der Waals surface area contributed by atoms with Crippen LogP contribution >= 0.6 is 0 Å². The van der Waals surface area contributed by atoms with Crippen molar-refractivity contribution in [2.75, 3.05) is 19.7 Å².